The van der Waals surface area contributed by atoms with Crippen LogP contribution in [0.5, 0.6) is 0 Å². The first kappa shape index (κ1) is 49.9. The number of rotatable bonds is 13. The molecule has 3 amide bonds. The Hall–Kier alpha value is -6.31. The summed E-state index contributed by atoms with van der Waals surface area (Å²) in [7, 11) is 2.19. The van der Waals surface area contributed by atoms with Crippen molar-refractivity contribution in [3.05, 3.63) is 147 Å². The molecule has 4 aromatic carbocycles. The Morgan fingerprint density at radius 2 is 1.36 bits per heavy atom. The molecular formula is C61H74N8O5. The molecule has 13 heteroatoms. The largest absolute Gasteiger partial charge is 0.443 e. The van der Waals surface area contributed by atoms with Crippen LogP contribution in [0, 0.1) is 6.92 Å². The highest BCUT2D eigenvalue weighted by molar-refractivity contribution is 5.88. The number of pyridine rings is 1. The lowest BCUT2D eigenvalue weighted by molar-refractivity contribution is -0.154. The molecule has 1 N–H and O–H groups in total. The molecule has 6 aromatic rings. The van der Waals surface area contributed by atoms with Gasteiger partial charge in [-0.1, -0.05) is 111 Å². The number of hydrogen-bond acceptors (Lipinski definition) is 8. The molecule has 3 saturated heterocycles. The Labute approximate surface area is 435 Å². The molecule has 0 bridgehead atoms. The minimum Gasteiger partial charge on any atom is -0.443 e. The number of nitrogens with zero attached hydrogens (tertiary/aromatic N) is 7. The van der Waals surface area contributed by atoms with E-state index in [9.17, 15) is 19.2 Å². The highest BCUT2D eigenvalue weighted by Gasteiger charge is 2.44. The summed E-state index contributed by atoms with van der Waals surface area (Å²) in [5, 5.41) is 10.4. The summed E-state index contributed by atoms with van der Waals surface area (Å²) in [4.78, 5) is 66.6. The Balaban J connectivity index is 0.797. The summed E-state index contributed by atoms with van der Waals surface area (Å²) >= 11 is 0. The standard InChI is InChI=1S/C61H74N8O5/c1-44-37-45(38-48-41-68(63-55(44)48)42-60(25-11-12-26-60)49-16-5-3-6-17-49)39-53(57(71)66-35-33-65(34-36-66)51-23-29-64(2)30-24-51)62-59(73)67-31-21-46(22-32-67)52-40-47-15-9-10-20-54(47)69(56(52)70)43-74-58(72)61(27-13-14-28-61)50-18-7-4-8-19-50/h3-10,15-20,37-38,40-41,46,51,53H,11-14,21-36,39,42-43H2,1-2H3,(H,62,73)/t53-/m1/s1. The fraction of sp³-hybridized carbons (Fsp3) is 0.492. The number of aryl methyl sites for hydroxylation is 1. The second-order valence-corrected chi connectivity index (χ2v) is 22.5. The summed E-state index contributed by atoms with van der Waals surface area (Å²) in [6, 6.07) is 34.4. The zero-order valence-electron chi connectivity index (χ0n) is 43.6. The highest BCUT2D eigenvalue weighted by atomic mass is 16.5. The van der Waals surface area contributed by atoms with E-state index in [1.54, 1.807) is 4.57 Å². The van der Waals surface area contributed by atoms with Gasteiger partial charge in [0.05, 0.1) is 23.0 Å². The molecule has 13 nitrogen and oxygen atoms in total. The maximum Gasteiger partial charge on any atom is 0.318 e. The molecule has 11 rings (SSSR count). The van der Waals surface area contributed by atoms with Crippen molar-refractivity contribution in [1.29, 1.82) is 0 Å². The van der Waals surface area contributed by atoms with Crippen LogP contribution in [0.2, 0.25) is 0 Å². The summed E-state index contributed by atoms with van der Waals surface area (Å²) in [5.41, 5.74) is 5.91. The monoisotopic (exact) mass is 999 g/mol. The third kappa shape index (κ3) is 10.1. The van der Waals surface area contributed by atoms with Crippen molar-refractivity contribution in [1.82, 2.24) is 39.3 Å². The summed E-state index contributed by atoms with van der Waals surface area (Å²) < 4.78 is 9.87. The van der Waals surface area contributed by atoms with Gasteiger partial charge in [-0.15, -0.1) is 0 Å². The van der Waals surface area contributed by atoms with Crippen LogP contribution in [0.4, 0.5) is 4.79 Å². The van der Waals surface area contributed by atoms with E-state index >= 15 is 0 Å². The van der Waals surface area contributed by atoms with Crippen molar-refractivity contribution >= 4 is 39.7 Å². The van der Waals surface area contributed by atoms with Gasteiger partial charge in [0, 0.05) is 74.3 Å². The highest BCUT2D eigenvalue weighted by Crippen LogP contribution is 2.44. The summed E-state index contributed by atoms with van der Waals surface area (Å²) in [6.45, 7) is 8.73. The minimum atomic E-state index is -0.762. The quantitative estimate of drug-likeness (QED) is 0.114. The summed E-state index contributed by atoms with van der Waals surface area (Å²) in [5.74, 6) is -0.434. The first-order valence-corrected chi connectivity index (χ1v) is 27.7. The number of hydrogen-bond donors (Lipinski definition) is 1. The molecule has 0 spiro atoms. The van der Waals surface area contributed by atoms with Gasteiger partial charge in [0.2, 0.25) is 5.91 Å². The van der Waals surface area contributed by atoms with Crippen LogP contribution in [0.25, 0.3) is 21.8 Å². The van der Waals surface area contributed by atoms with Gasteiger partial charge in [0.15, 0.2) is 6.73 Å². The van der Waals surface area contributed by atoms with Crippen LogP contribution in [0.3, 0.4) is 0 Å². The van der Waals surface area contributed by atoms with Crippen molar-refractivity contribution in [2.75, 3.05) is 59.4 Å². The number of esters is 1. The molecule has 0 radical (unpaired) electrons. The molecule has 5 heterocycles. The van der Waals surface area contributed by atoms with Gasteiger partial charge in [0.1, 0.15) is 6.04 Å². The van der Waals surface area contributed by atoms with Gasteiger partial charge in [-0.05, 0) is 130 Å². The molecule has 2 aromatic heterocycles. The van der Waals surface area contributed by atoms with Crippen molar-refractivity contribution in [3.63, 3.8) is 0 Å². The molecule has 5 aliphatic rings. The van der Waals surface area contributed by atoms with Gasteiger partial charge in [-0.2, -0.15) is 5.10 Å². The minimum absolute atomic E-state index is 0.0456. The molecule has 5 fully saturated rings. The lowest BCUT2D eigenvalue weighted by atomic mass is 9.79. The van der Waals surface area contributed by atoms with E-state index in [1.165, 1.54) is 18.4 Å². The predicted octanol–water partition coefficient (Wildman–Crippen LogP) is 8.92. The Morgan fingerprint density at radius 3 is 2.07 bits per heavy atom. The summed E-state index contributed by atoms with van der Waals surface area (Å²) in [6.07, 6.45) is 14.1. The number of carbonyl (C=O) groups excluding carboxylic acids is 3. The first-order valence-electron chi connectivity index (χ1n) is 27.7. The smallest absolute Gasteiger partial charge is 0.318 e. The van der Waals surface area contributed by atoms with Gasteiger partial charge in [-0.3, -0.25) is 28.5 Å². The van der Waals surface area contributed by atoms with Gasteiger partial charge in [0.25, 0.3) is 5.56 Å². The fourth-order valence-corrected chi connectivity index (χ4v) is 13.7. The number of likely N-dealkylation sites (tertiary alicyclic amines) is 2. The van der Waals surface area contributed by atoms with Crippen LogP contribution in [-0.2, 0) is 44.9 Å². The molecule has 0 unspecified atom stereocenters. The lowest BCUT2D eigenvalue weighted by Gasteiger charge is -2.43. The van der Waals surface area contributed by atoms with Crippen molar-refractivity contribution in [2.45, 2.75) is 133 Å². The number of urea groups is 1. The Kier molecular flexibility index (Phi) is 14.5. The van der Waals surface area contributed by atoms with E-state index in [4.69, 9.17) is 9.84 Å². The van der Waals surface area contributed by atoms with E-state index in [2.05, 4.69) is 82.4 Å². The van der Waals surface area contributed by atoms with Gasteiger partial charge >= 0.3 is 12.0 Å². The Morgan fingerprint density at radius 1 is 0.716 bits per heavy atom. The average Bonchev–Trinajstić information content (AvgIpc) is 4.23. The van der Waals surface area contributed by atoms with E-state index < -0.39 is 11.5 Å². The van der Waals surface area contributed by atoms with Crippen LogP contribution in [0.1, 0.15) is 111 Å². The molecule has 74 heavy (non-hydrogen) atoms. The fourth-order valence-electron chi connectivity index (χ4n) is 13.7. The maximum absolute atomic E-state index is 14.8. The van der Waals surface area contributed by atoms with E-state index in [0.29, 0.717) is 62.6 Å². The zero-order valence-corrected chi connectivity index (χ0v) is 43.6. The van der Waals surface area contributed by atoms with E-state index in [0.717, 1.165) is 117 Å². The number of carbonyl (C=O) groups is 3. The number of nitrogens with one attached hydrogen (secondary N) is 1. The number of piperidine rings is 2. The molecule has 2 aliphatic carbocycles. The second kappa shape index (κ2) is 21.5. The van der Waals surface area contributed by atoms with Gasteiger partial charge < -0.3 is 24.8 Å². The SMILES string of the molecule is Cc1cc(C[C@@H](NC(=O)N2CCC(c3cc4ccccc4n(COC(=O)C4(c5ccccc5)CCCC4)c3=O)CC2)C(=O)N2CCN(C3CCN(C)CC3)CC2)cc2cn(CC3(c4ccccc4)CCCC3)nc12. The second-order valence-electron chi connectivity index (χ2n) is 22.5. The number of amides is 3. The predicted molar refractivity (Wildman–Crippen MR) is 290 cm³/mol. The van der Waals surface area contributed by atoms with Crippen molar-refractivity contribution < 1.29 is 19.1 Å². The number of fused-ring (bicyclic) bond motifs is 2. The molecule has 2 saturated carbocycles. The Bertz CT molecular complexity index is 3010. The third-order valence-corrected chi connectivity index (χ3v) is 17.9. The molecule has 3 aliphatic heterocycles. The van der Waals surface area contributed by atoms with Crippen molar-refractivity contribution in [3.8, 4) is 0 Å². The topological polar surface area (TPSA) is 125 Å². The number of benzene rings is 4. The number of piperazine rings is 1. The third-order valence-electron chi connectivity index (χ3n) is 17.9. The number of ether oxygens (including phenoxy) is 1. The van der Waals surface area contributed by atoms with Crippen LogP contribution in [-0.4, -0.2) is 123 Å². The lowest BCUT2D eigenvalue weighted by Crippen LogP contribution is -2.59. The van der Waals surface area contributed by atoms with Crippen LogP contribution in [0.15, 0.2) is 114 Å². The normalized spacial score (nSPS) is 20.3. The van der Waals surface area contributed by atoms with Crippen molar-refractivity contribution in [2.24, 2.45) is 0 Å². The molecule has 388 valence electrons. The van der Waals surface area contributed by atoms with Crippen LogP contribution < -0.4 is 10.9 Å². The molecular weight excluding hydrogens is 925 g/mol. The number of aromatic nitrogens is 3. The van der Waals surface area contributed by atoms with Gasteiger partial charge in [-0.25, -0.2) is 4.79 Å². The van der Waals surface area contributed by atoms with E-state index in [1.807, 2.05) is 70.5 Å². The first-order chi connectivity index (χ1) is 36.1. The van der Waals surface area contributed by atoms with Crippen LogP contribution >= 0.6 is 0 Å². The zero-order chi connectivity index (χ0) is 50.8. The van der Waals surface area contributed by atoms with E-state index in [-0.39, 0.29) is 41.5 Å². The maximum atomic E-state index is 14.8. The molecule has 1 atom stereocenters. The average molecular weight is 999 g/mol. The number of para-hydroxylation sites is 1.